The summed E-state index contributed by atoms with van der Waals surface area (Å²) in [7, 11) is 0. The second-order valence-corrected chi connectivity index (χ2v) is 7.21. The first-order chi connectivity index (χ1) is 12.2. The molecule has 3 aromatic rings. The van der Waals surface area contributed by atoms with Crippen molar-refractivity contribution in [3.8, 4) is 0 Å². The monoisotopic (exact) mass is 356 g/mol. The first-order valence-corrected chi connectivity index (χ1v) is 9.36. The van der Waals surface area contributed by atoms with Gasteiger partial charge < -0.3 is 11.1 Å². The summed E-state index contributed by atoms with van der Waals surface area (Å²) < 4.78 is 1.90. The summed E-state index contributed by atoms with van der Waals surface area (Å²) in [6.07, 6.45) is 4.20. The molecule has 1 amide bonds. The quantitative estimate of drug-likeness (QED) is 0.730. The summed E-state index contributed by atoms with van der Waals surface area (Å²) in [6.45, 7) is 3.67. The molecule has 0 radical (unpaired) electrons. The molecule has 0 saturated carbocycles. The Morgan fingerprint density at radius 1 is 1.48 bits per heavy atom. The van der Waals surface area contributed by atoms with E-state index in [1.807, 2.05) is 10.1 Å². The van der Waals surface area contributed by atoms with Gasteiger partial charge in [-0.2, -0.15) is 5.10 Å². The fourth-order valence-corrected chi connectivity index (χ4v) is 4.10. The number of thiophene rings is 1. The van der Waals surface area contributed by atoms with Crippen LogP contribution in [0.2, 0.25) is 0 Å². The molecule has 0 saturated heterocycles. The summed E-state index contributed by atoms with van der Waals surface area (Å²) >= 11 is 1.64. The largest absolute Gasteiger partial charge is 0.369 e. The minimum absolute atomic E-state index is 0.404. The fraction of sp³-hybridized carbons (Fsp3) is 0.412. The maximum absolute atomic E-state index is 11.5. The molecule has 0 fully saturated rings. The number of nitrogens with one attached hydrogen (secondary N) is 1. The van der Waals surface area contributed by atoms with Gasteiger partial charge in [-0.15, -0.1) is 11.3 Å². The average molecular weight is 356 g/mol. The minimum Gasteiger partial charge on any atom is -0.369 e. The predicted molar refractivity (Wildman–Crippen MR) is 97.8 cm³/mol. The molecule has 25 heavy (non-hydrogen) atoms. The number of carbonyl (C=O) groups excluding carboxylic acids is 1. The summed E-state index contributed by atoms with van der Waals surface area (Å²) in [4.78, 5) is 21.8. The number of amides is 1. The lowest BCUT2D eigenvalue weighted by Gasteiger charge is -2.24. The number of nitrogens with two attached hydrogens (primary N) is 1. The molecule has 0 aromatic carbocycles. The molecule has 4 rings (SSSR count). The number of fused-ring (bicyclic) bond motifs is 2. The van der Waals surface area contributed by atoms with Crippen molar-refractivity contribution in [2.75, 3.05) is 11.9 Å². The molecule has 0 spiro atoms. The molecule has 0 bridgehead atoms. The van der Waals surface area contributed by atoms with Gasteiger partial charge in [0.25, 0.3) is 5.91 Å². The van der Waals surface area contributed by atoms with Crippen LogP contribution in [0.4, 0.5) is 5.82 Å². The Kier molecular flexibility index (Phi) is 4.12. The van der Waals surface area contributed by atoms with Crippen LogP contribution in [0.5, 0.6) is 0 Å². The molecular weight excluding hydrogens is 336 g/mol. The zero-order valence-corrected chi connectivity index (χ0v) is 14.8. The summed E-state index contributed by atoms with van der Waals surface area (Å²) in [5.41, 5.74) is 6.94. The van der Waals surface area contributed by atoms with Crippen LogP contribution in [0.1, 0.15) is 35.2 Å². The lowest BCUT2D eigenvalue weighted by Crippen LogP contribution is -2.27. The maximum Gasteiger partial charge on any atom is 0.252 e. The van der Waals surface area contributed by atoms with Gasteiger partial charge in [0.2, 0.25) is 0 Å². The average Bonchev–Trinajstić information content (AvgIpc) is 3.25. The lowest BCUT2D eigenvalue weighted by molar-refractivity contribution is 0.0998. The van der Waals surface area contributed by atoms with Gasteiger partial charge in [-0.25, -0.2) is 9.97 Å². The Balaban J connectivity index is 1.52. The van der Waals surface area contributed by atoms with Crippen LogP contribution >= 0.6 is 11.3 Å². The van der Waals surface area contributed by atoms with E-state index in [0.29, 0.717) is 11.5 Å². The van der Waals surface area contributed by atoms with Crippen molar-refractivity contribution in [1.29, 1.82) is 0 Å². The third-order valence-corrected chi connectivity index (χ3v) is 5.50. The first-order valence-electron chi connectivity index (χ1n) is 8.48. The molecule has 3 aromatic heterocycles. The number of anilines is 1. The predicted octanol–water partition coefficient (Wildman–Crippen LogP) is 2.22. The zero-order chi connectivity index (χ0) is 17.4. The molecule has 1 aliphatic heterocycles. The zero-order valence-electron chi connectivity index (χ0n) is 14.0. The Morgan fingerprint density at radius 3 is 3.16 bits per heavy atom. The smallest absolute Gasteiger partial charge is 0.252 e. The highest BCUT2D eigenvalue weighted by molar-refractivity contribution is 7.16. The Hall–Kier alpha value is -2.48. The number of hydrogen-bond acceptors (Lipinski definition) is 6. The van der Waals surface area contributed by atoms with Crippen molar-refractivity contribution >= 4 is 33.3 Å². The van der Waals surface area contributed by atoms with E-state index >= 15 is 0 Å². The number of aryl methyl sites for hydroxylation is 2. The Bertz CT molecular complexity index is 931. The number of primary amides is 1. The van der Waals surface area contributed by atoms with Crippen LogP contribution in [0.25, 0.3) is 10.2 Å². The molecule has 130 valence electrons. The van der Waals surface area contributed by atoms with E-state index < -0.39 is 5.91 Å². The molecule has 4 heterocycles. The maximum atomic E-state index is 11.5. The van der Waals surface area contributed by atoms with E-state index in [1.54, 1.807) is 17.5 Å². The van der Waals surface area contributed by atoms with Gasteiger partial charge in [0.1, 0.15) is 16.5 Å². The lowest BCUT2D eigenvalue weighted by atomic mass is 9.94. The Labute approximate surface area is 149 Å². The molecule has 1 atom stereocenters. The highest BCUT2D eigenvalue weighted by Crippen LogP contribution is 2.27. The van der Waals surface area contributed by atoms with Gasteiger partial charge >= 0.3 is 0 Å². The van der Waals surface area contributed by atoms with E-state index in [-0.39, 0.29) is 0 Å². The molecule has 8 heteroatoms. The van der Waals surface area contributed by atoms with Gasteiger partial charge in [-0.05, 0) is 30.2 Å². The van der Waals surface area contributed by atoms with Gasteiger partial charge in [0.05, 0.1) is 22.8 Å². The van der Waals surface area contributed by atoms with Crippen molar-refractivity contribution in [2.24, 2.45) is 11.7 Å². The summed E-state index contributed by atoms with van der Waals surface area (Å²) in [6, 6.07) is 2.06. The van der Waals surface area contributed by atoms with Crippen molar-refractivity contribution in [3.63, 3.8) is 0 Å². The van der Waals surface area contributed by atoms with Gasteiger partial charge in [-0.3, -0.25) is 9.48 Å². The van der Waals surface area contributed by atoms with Crippen LogP contribution < -0.4 is 11.1 Å². The van der Waals surface area contributed by atoms with Crippen LogP contribution in [0.15, 0.2) is 17.6 Å². The van der Waals surface area contributed by atoms with Crippen LogP contribution in [0, 0.1) is 5.92 Å². The first kappa shape index (κ1) is 16.0. The highest BCUT2D eigenvalue weighted by Gasteiger charge is 2.24. The normalized spacial score (nSPS) is 16.8. The van der Waals surface area contributed by atoms with Crippen molar-refractivity contribution in [1.82, 2.24) is 19.7 Å². The van der Waals surface area contributed by atoms with Crippen molar-refractivity contribution in [3.05, 3.63) is 34.7 Å². The number of rotatable bonds is 5. The molecule has 1 aliphatic rings. The third kappa shape index (κ3) is 2.97. The van der Waals surface area contributed by atoms with Gasteiger partial charge in [0, 0.05) is 19.5 Å². The standard InChI is InChI=1S/C17H20N6OS/c1-2-14-21-16(11-4-6-25-17(11)22-14)19-8-10-3-5-23-13(7-10)12(9-20-23)15(18)24/h4,6,9-10H,2-3,5,7-8H2,1H3,(H2,18,24)(H,19,21,22). The van der Waals surface area contributed by atoms with Crippen LogP contribution in [0.3, 0.4) is 0 Å². The number of nitrogens with zero attached hydrogens (tertiary/aromatic N) is 4. The Morgan fingerprint density at radius 2 is 2.36 bits per heavy atom. The molecule has 0 aliphatic carbocycles. The van der Waals surface area contributed by atoms with E-state index in [2.05, 4.69) is 33.4 Å². The van der Waals surface area contributed by atoms with E-state index in [9.17, 15) is 4.79 Å². The SMILES string of the molecule is CCc1nc(NCC2CCn3ncc(C(N)=O)c3C2)c2ccsc2n1. The minimum atomic E-state index is -0.404. The van der Waals surface area contributed by atoms with Crippen LogP contribution in [-0.4, -0.2) is 32.2 Å². The molecular formula is C17H20N6OS. The highest BCUT2D eigenvalue weighted by atomic mass is 32.1. The van der Waals surface area contributed by atoms with Crippen molar-refractivity contribution in [2.45, 2.75) is 32.7 Å². The second kappa shape index (κ2) is 6.44. The van der Waals surface area contributed by atoms with Crippen molar-refractivity contribution < 1.29 is 4.79 Å². The summed E-state index contributed by atoms with van der Waals surface area (Å²) in [5.74, 6) is 1.77. The topological polar surface area (TPSA) is 98.7 Å². The number of hydrogen-bond donors (Lipinski definition) is 2. The number of carbonyl (C=O) groups is 1. The van der Waals surface area contributed by atoms with Gasteiger partial charge in [0.15, 0.2) is 0 Å². The number of aromatic nitrogens is 4. The van der Waals surface area contributed by atoms with E-state index in [4.69, 9.17) is 5.73 Å². The van der Waals surface area contributed by atoms with Crippen LogP contribution in [-0.2, 0) is 19.4 Å². The fourth-order valence-electron chi connectivity index (χ4n) is 3.31. The third-order valence-electron chi connectivity index (χ3n) is 4.69. The molecule has 1 unspecified atom stereocenters. The van der Waals surface area contributed by atoms with E-state index in [0.717, 1.165) is 59.9 Å². The molecule has 7 nitrogen and oxygen atoms in total. The molecule has 3 N–H and O–H groups in total. The second-order valence-electron chi connectivity index (χ2n) is 6.31. The van der Waals surface area contributed by atoms with Gasteiger partial charge in [-0.1, -0.05) is 6.92 Å². The summed E-state index contributed by atoms with van der Waals surface area (Å²) in [5, 5.41) is 10.9. The van der Waals surface area contributed by atoms with E-state index in [1.165, 1.54) is 0 Å².